The summed E-state index contributed by atoms with van der Waals surface area (Å²) in [6, 6.07) is 13.5. The number of Topliss-reactive ketones (excluding diaryl/α,β-unsaturated/α-hetero) is 1. The van der Waals surface area contributed by atoms with Crippen LogP contribution in [0.1, 0.15) is 22.8 Å². The van der Waals surface area contributed by atoms with Gasteiger partial charge in [0.1, 0.15) is 0 Å². The summed E-state index contributed by atoms with van der Waals surface area (Å²) in [4.78, 5) is 12.5. The van der Waals surface area contributed by atoms with Crippen molar-refractivity contribution in [1.29, 1.82) is 0 Å². The second-order valence-corrected chi connectivity index (χ2v) is 10.1. The van der Waals surface area contributed by atoms with E-state index in [2.05, 4.69) is 0 Å². The molecule has 2 unspecified atom stereocenters. The fraction of sp³-hybridized carbons (Fsp3) is 0.278. The number of aliphatic hydroxyl groups is 1. The van der Waals surface area contributed by atoms with E-state index in [4.69, 9.17) is 39.0 Å². The molecule has 27 heavy (non-hydrogen) atoms. The summed E-state index contributed by atoms with van der Waals surface area (Å²) in [7, 11) is -4.42. The summed E-state index contributed by atoms with van der Waals surface area (Å²) < 4.78 is 27.8. The van der Waals surface area contributed by atoms with E-state index in [1.807, 2.05) is 0 Å². The largest absolute Gasteiger partial charge is 0.379 e. The van der Waals surface area contributed by atoms with Crippen LogP contribution in [0.2, 0.25) is 0 Å². The molecule has 146 valence electrons. The number of rotatable bonds is 6. The van der Waals surface area contributed by atoms with Gasteiger partial charge < -0.3 is 5.11 Å². The van der Waals surface area contributed by atoms with Gasteiger partial charge in [0.2, 0.25) is 3.79 Å². The number of carbonyl (C=O) groups is 1. The van der Waals surface area contributed by atoms with Crippen molar-refractivity contribution in [2.45, 2.75) is 34.2 Å². The smallest absolute Gasteiger partial charge is 0.297 e. The lowest BCUT2D eigenvalue weighted by Crippen LogP contribution is -2.55. The van der Waals surface area contributed by atoms with Gasteiger partial charge in [0.05, 0.1) is 4.90 Å². The third kappa shape index (κ3) is 5.22. The quantitative estimate of drug-likeness (QED) is 0.407. The first-order chi connectivity index (χ1) is 12.4. The number of hydrogen-bond donors (Lipinski definition) is 1. The molecule has 0 saturated heterocycles. The van der Waals surface area contributed by atoms with E-state index in [1.54, 1.807) is 37.3 Å². The van der Waals surface area contributed by atoms with Crippen molar-refractivity contribution in [1.82, 2.24) is 0 Å². The Hall–Kier alpha value is -1.15. The fourth-order valence-electron chi connectivity index (χ4n) is 2.35. The van der Waals surface area contributed by atoms with Gasteiger partial charge in [-0.25, -0.2) is 0 Å². The Kier molecular flexibility index (Phi) is 6.62. The second-order valence-electron chi connectivity index (χ2n) is 6.13. The molecular weight excluding hydrogens is 435 g/mol. The summed E-state index contributed by atoms with van der Waals surface area (Å²) in [5, 5.41) is 10.8. The third-order valence-corrected chi connectivity index (χ3v) is 5.73. The topological polar surface area (TPSA) is 80.7 Å². The van der Waals surface area contributed by atoms with E-state index in [0.717, 1.165) is 12.5 Å². The fourth-order valence-corrected chi connectivity index (χ4v) is 4.45. The van der Waals surface area contributed by atoms with E-state index in [-0.39, 0.29) is 10.5 Å². The van der Waals surface area contributed by atoms with Gasteiger partial charge in [0, 0.05) is 5.56 Å². The van der Waals surface area contributed by atoms with Gasteiger partial charge in [-0.1, -0.05) is 82.8 Å². The second kappa shape index (κ2) is 8.07. The zero-order valence-electron chi connectivity index (χ0n) is 14.4. The summed E-state index contributed by atoms with van der Waals surface area (Å²) >= 11 is 17.6. The van der Waals surface area contributed by atoms with Gasteiger partial charge in [0.15, 0.2) is 17.5 Å². The van der Waals surface area contributed by atoms with E-state index in [0.29, 0.717) is 0 Å². The van der Waals surface area contributed by atoms with Crippen LogP contribution in [0.3, 0.4) is 0 Å². The van der Waals surface area contributed by atoms with Crippen molar-refractivity contribution in [3.63, 3.8) is 0 Å². The van der Waals surface area contributed by atoms with Gasteiger partial charge in [-0.15, -0.1) is 0 Å². The standard InChI is InChI=1S/C18H17Cl3O5S/c1-12-8-10-14(11-9-12)27(24,25)26-16(18(19,20)21)17(2,23)15(22)13-6-4-3-5-7-13/h3-11,16,23H,1-2H3. The number of benzene rings is 2. The lowest BCUT2D eigenvalue weighted by atomic mass is 9.90. The Balaban J connectivity index is 2.43. The first-order valence-corrected chi connectivity index (χ1v) is 10.3. The maximum absolute atomic E-state index is 12.7. The highest BCUT2D eigenvalue weighted by Crippen LogP contribution is 2.40. The normalized spacial score (nSPS) is 15.8. The Morgan fingerprint density at radius 1 is 1.04 bits per heavy atom. The lowest BCUT2D eigenvalue weighted by molar-refractivity contribution is -0.0237. The number of halogens is 3. The minimum absolute atomic E-state index is 0.109. The number of ketones is 1. The van der Waals surface area contributed by atoms with Crippen molar-refractivity contribution in [3.8, 4) is 0 Å². The van der Waals surface area contributed by atoms with Gasteiger partial charge in [-0.05, 0) is 26.0 Å². The number of aryl methyl sites for hydroxylation is 1. The molecule has 9 heteroatoms. The Morgan fingerprint density at radius 3 is 2.04 bits per heavy atom. The van der Waals surface area contributed by atoms with Crippen LogP contribution in [0.5, 0.6) is 0 Å². The molecule has 0 radical (unpaired) electrons. The summed E-state index contributed by atoms with van der Waals surface area (Å²) in [5.74, 6) is -0.849. The van der Waals surface area contributed by atoms with E-state index >= 15 is 0 Å². The molecule has 2 rings (SSSR count). The highest BCUT2D eigenvalue weighted by Gasteiger charge is 2.53. The van der Waals surface area contributed by atoms with Crippen molar-refractivity contribution in [3.05, 3.63) is 65.7 Å². The zero-order valence-corrected chi connectivity index (χ0v) is 17.5. The van der Waals surface area contributed by atoms with Crippen LogP contribution >= 0.6 is 34.8 Å². The van der Waals surface area contributed by atoms with Crippen molar-refractivity contribution in [2.24, 2.45) is 0 Å². The van der Waals surface area contributed by atoms with Gasteiger partial charge in [-0.3, -0.25) is 8.98 Å². The number of alkyl halides is 3. The Bertz CT molecular complexity index is 904. The third-order valence-electron chi connectivity index (χ3n) is 3.84. The maximum atomic E-state index is 12.7. The highest BCUT2D eigenvalue weighted by atomic mass is 35.6. The first kappa shape index (κ1) is 22.1. The van der Waals surface area contributed by atoms with E-state index < -0.39 is 31.4 Å². The molecule has 0 bridgehead atoms. The molecule has 0 aliphatic heterocycles. The van der Waals surface area contributed by atoms with Crippen LogP contribution in [-0.2, 0) is 14.3 Å². The van der Waals surface area contributed by atoms with Crippen molar-refractivity contribution >= 4 is 50.7 Å². The molecule has 0 amide bonds. The Labute approximate surface area is 172 Å². The van der Waals surface area contributed by atoms with Crippen molar-refractivity contribution in [2.75, 3.05) is 0 Å². The molecule has 0 aromatic heterocycles. The molecule has 0 aliphatic rings. The van der Waals surface area contributed by atoms with Crippen LogP contribution in [-0.4, -0.2) is 34.8 Å². The van der Waals surface area contributed by atoms with Gasteiger partial charge in [0.25, 0.3) is 10.1 Å². The van der Waals surface area contributed by atoms with Gasteiger partial charge >= 0.3 is 0 Å². The molecular formula is C18H17Cl3O5S. The minimum atomic E-state index is -4.42. The highest BCUT2D eigenvalue weighted by molar-refractivity contribution is 7.86. The van der Waals surface area contributed by atoms with Crippen molar-refractivity contribution < 1.29 is 22.5 Å². The molecule has 2 aromatic rings. The summed E-state index contributed by atoms with van der Waals surface area (Å²) in [6.07, 6.45) is -1.99. The van der Waals surface area contributed by atoms with E-state index in [9.17, 15) is 18.3 Å². The SMILES string of the molecule is Cc1ccc(S(=O)(=O)OC(C(Cl)(Cl)Cl)C(C)(O)C(=O)c2ccccc2)cc1. The molecule has 2 atom stereocenters. The van der Waals surface area contributed by atoms with Crippen LogP contribution in [0.15, 0.2) is 59.5 Å². The molecule has 0 aliphatic carbocycles. The average Bonchev–Trinajstić information content (AvgIpc) is 2.59. The molecule has 0 heterocycles. The summed E-state index contributed by atoms with van der Waals surface area (Å²) in [6.45, 7) is 2.82. The molecule has 0 fully saturated rings. The predicted octanol–water partition coefficient (Wildman–Crippen LogP) is 4.07. The lowest BCUT2D eigenvalue weighted by Gasteiger charge is -2.35. The van der Waals surface area contributed by atoms with Crippen LogP contribution in [0, 0.1) is 6.92 Å². The average molecular weight is 452 g/mol. The molecule has 0 saturated carbocycles. The summed E-state index contributed by atoms with van der Waals surface area (Å²) in [5.41, 5.74) is -1.50. The van der Waals surface area contributed by atoms with Gasteiger partial charge in [-0.2, -0.15) is 8.42 Å². The Morgan fingerprint density at radius 2 is 1.56 bits per heavy atom. The van der Waals surface area contributed by atoms with Crippen LogP contribution < -0.4 is 0 Å². The molecule has 5 nitrogen and oxygen atoms in total. The van der Waals surface area contributed by atoms with Crippen LogP contribution in [0.25, 0.3) is 0 Å². The first-order valence-electron chi connectivity index (χ1n) is 7.74. The monoisotopic (exact) mass is 450 g/mol. The molecule has 0 spiro atoms. The maximum Gasteiger partial charge on any atom is 0.297 e. The van der Waals surface area contributed by atoms with E-state index in [1.165, 1.54) is 24.3 Å². The van der Waals surface area contributed by atoms with Crippen LogP contribution in [0.4, 0.5) is 0 Å². The molecule has 1 N–H and O–H groups in total. The molecule has 2 aromatic carbocycles. The number of hydrogen-bond acceptors (Lipinski definition) is 5. The zero-order chi connectivity index (χ0) is 20.5. The predicted molar refractivity (Wildman–Crippen MR) is 105 cm³/mol. The number of carbonyl (C=O) groups excluding carboxylic acids is 1. The minimum Gasteiger partial charge on any atom is -0.379 e.